The number of nitrogens with two attached hydrogens (primary N) is 1. The van der Waals surface area contributed by atoms with Gasteiger partial charge in [0.25, 0.3) is 5.91 Å². The third-order valence-corrected chi connectivity index (χ3v) is 3.38. The van der Waals surface area contributed by atoms with Crippen LogP contribution in [-0.2, 0) is 6.42 Å². The Balaban J connectivity index is 3.03. The molecule has 0 aliphatic heterocycles. The second-order valence-electron chi connectivity index (χ2n) is 5.24. The quantitative estimate of drug-likeness (QED) is 0.464. The van der Waals surface area contributed by atoms with Crippen LogP contribution in [0.5, 0.6) is 0 Å². The van der Waals surface area contributed by atoms with Gasteiger partial charge in [-0.15, -0.1) is 0 Å². The summed E-state index contributed by atoms with van der Waals surface area (Å²) in [5, 5.41) is 0. The van der Waals surface area contributed by atoms with Crippen molar-refractivity contribution in [1.29, 1.82) is 0 Å². The SMILES string of the molecule is CC[C@H](C)n1c(CCC(C)C)ccc1C(=O)NN. The molecule has 1 aromatic heterocycles. The highest BCUT2D eigenvalue weighted by atomic mass is 16.2. The summed E-state index contributed by atoms with van der Waals surface area (Å²) < 4.78 is 2.12. The van der Waals surface area contributed by atoms with Crippen molar-refractivity contribution in [3.63, 3.8) is 0 Å². The highest BCUT2D eigenvalue weighted by Gasteiger charge is 2.17. The zero-order chi connectivity index (χ0) is 13.7. The normalized spacial score (nSPS) is 12.8. The summed E-state index contributed by atoms with van der Waals surface area (Å²) in [6.45, 7) is 8.68. The van der Waals surface area contributed by atoms with Crippen LogP contribution < -0.4 is 11.3 Å². The highest BCUT2D eigenvalue weighted by Crippen LogP contribution is 2.21. The molecule has 1 heterocycles. The van der Waals surface area contributed by atoms with Gasteiger partial charge in [0, 0.05) is 11.7 Å². The highest BCUT2D eigenvalue weighted by molar-refractivity contribution is 5.92. The monoisotopic (exact) mass is 251 g/mol. The van der Waals surface area contributed by atoms with Gasteiger partial charge in [0.1, 0.15) is 5.69 Å². The molecule has 1 amide bonds. The van der Waals surface area contributed by atoms with E-state index < -0.39 is 0 Å². The second kappa shape index (κ2) is 6.59. The molecular weight excluding hydrogens is 226 g/mol. The van der Waals surface area contributed by atoms with Crippen LogP contribution in [0.25, 0.3) is 0 Å². The van der Waals surface area contributed by atoms with Gasteiger partial charge >= 0.3 is 0 Å². The lowest BCUT2D eigenvalue weighted by molar-refractivity contribution is 0.0942. The average Bonchev–Trinajstić information content (AvgIpc) is 2.78. The van der Waals surface area contributed by atoms with Crippen molar-refractivity contribution in [1.82, 2.24) is 9.99 Å². The number of carbonyl (C=O) groups is 1. The number of amides is 1. The summed E-state index contributed by atoms with van der Waals surface area (Å²) in [6, 6.07) is 4.22. The predicted molar refractivity (Wildman–Crippen MR) is 74.2 cm³/mol. The largest absolute Gasteiger partial charge is 0.338 e. The first kappa shape index (κ1) is 14.8. The van der Waals surface area contributed by atoms with E-state index in [4.69, 9.17) is 5.84 Å². The molecular formula is C14H25N3O. The van der Waals surface area contributed by atoms with Crippen molar-refractivity contribution in [2.24, 2.45) is 11.8 Å². The number of carbonyl (C=O) groups excluding carboxylic acids is 1. The number of nitrogens with zero attached hydrogens (tertiary/aromatic N) is 1. The summed E-state index contributed by atoms with van der Waals surface area (Å²) >= 11 is 0. The predicted octanol–water partition coefficient (Wildman–Crippen LogP) is 2.65. The Hall–Kier alpha value is -1.29. The van der Waals surface area contributed by atoms with E-state index >= 15 is 0 Å². The molecule has 1 rings (SSSR count). The Morgan fingerprint density at radius 2 is 2.06 bits per heavy atom. The molecule has 0 aromatic carbocycles. The molecule has 0 saturated heterocycles. The maximum absolute atomic E-state index is 11.7. The number of hydrogen-bond acceptors (Lipinski definition) is 2. The lowest BCUT2D eigenvalue weighted by Crippen LogP contribution is -2.32. The molecule has 18 heavy (non-hydrogen) atoms. The molecule has 4 heteroatoms. The van der Waals surface area contributed by atoms with E-state index in [0.717, 1.165) is 19.3 Å². The van der Waals surface area contributed by atoms with Gasteiger partial charge in [-0.25, -0.2) is 5.84 Å². The third kappa shape index (κ3) is 3.35. The number of rotatable bonds is 6. The van der Waals surface area contributed by atoms with Crippen LogP contribution in [0.4, 0.5) is 0 Å². The second-order valence-corrected chi connectivity index (χ2v) is 5.24. The first-order chi connectivity index (χ1) is 8.51. The van der Waals surface area contributed by atoms with Gasteiger partial charge in [-0.1, -0.05) is 20.8 Å². The van der Waals surface area contributed by atoms with E-state index in [1.165, 1.54) is 5.69 Å². The van der Waals surface area contributed by atoms with Crippen molar-refractivity contribution in [2.75, 3.05) is 0 Å². The lowest BCUT2D eigenvalue weighted by Gasteiger charge is -2.19. The van der Waals surface area contributed by atoms with Gasteiger partial charge in [-0.2, -0.15) is 0 Å². The molecule has 102 valence electrons. The minimum atomic E-state index is -0.217. The van der Waals surface area contributed by atoms with Crippen LogP contribution in [0.15, 0.2) is 12.1 Å². The Morgan fingerprint density at radius 1 is 1.39 bits per heavy atom. The standard InChI is InChI=1S/C14H25N3O/c1-5-11(4)17-12(7-6-10(2)3)8-9-13(17)14(18)16-15/h8-11H,5-7,15H2,1-4H3,(H,16,18)/t11-/m0/s1. The van der Waals surface area contributed by atoms with Crippen LogP contribution in [0.1, 0.15) is 62.8 Å². The van der Waals surface area contributed by atoms with Crippen LogP contribution in [0.3, 0.4) is 0 Å². The van der Waals surface area contributed by atoms with Crippen LogP contribution in [-0.4, -0.2) is 10.5 Å². The molecule has 3 N–H and O–H groups in total. The summed E-state index contributed by atoms with van der Waals surface area (Å²) in [4.78, 5) is 11.7. The fraction of sp³-hybridized carbons (Fsp3) is 0.643. The molecule has 0 radical (unpaired) electrons. The van der Waals surface area contributed by atoms with Gasteiger partial charge in [0.05, 0.1) is 0 Å². The minimum absolute atomic E-state index is 0.217. The van der Waals surface area contributed by atoms with Gasteiger partial charge in [0.15, 0.2) is 0 Å². The zero-order valence-corrected chi connectivity index (χ0v) is 11.9. The molecule has 0 aliphatic carbocycles. The Bertz CT molecular complexity index is 396. The first-order valence-corrected chi connectivity index (χ1v) is 6.72. The van der Waals surface area contributed by atoms with Gasteiger partial charge in [-0.3, -0.25) is 10.2 Å². The van der Waals surface area contributed by atoms with Crippen molar-refractivity contribution >= 4 is 5.91 Å². The molecule has 0 bridgehead atoms. The fourth-order valence-electron chi connectivity index (χ4n) is 2.09. The fourth-order valence-corrected chi connectivity index (χ4v) is 2.09. The molecule has 0 spiro atoms. The van der Waals surface area contributed by atoms with Crippen LogP contribution in [0.2, 0.25) is 0 Å². The maximum Gasteiger partial charge on any atom is 0.281 e. The van der Waals surface area contributed by atoms with Crippen LogP contribution in [0, 0.1) is 5.92 Å². The molecule has 0 aliphatic rings. The number of aryl methyl sites for hydroxylation is 1. The number of hydrogen-bond donors (Lipinski definition) is 2. The Labute approximate surface area is 110 Å². The zero-order valence-electron chi connectivity index (χ0n) is 11.9. The van der Waals surface area contributed by atoms with Gasteiger partial charge in [-0.05, 0) is 44.2 Å². The maximum atomic E-state index is 11.7. The summed E-state index contributed by atoms with van der Waals surface area (Å²) in [5.41, 5.74) is 4.10. The molecule has 0 saturated carbocycles. The van der Waals surface area contributed by atoms with Crippen LogP contribution >= 0.6 is 0 Å². The number of aromatic nitrogens is 1. The first-order valence-electron chi connectivity index (χ1n) is 6.72. The van der Waals surface area contributed by atoms with Gasteiger partial charge < -0.3 is 4.57 Å². The Morgan fingerprint density at radius 3 is 2.56 bits per heavy atom. The van der Waals surface area contributed by atoms with E-state index in [1.807, 2.05) is 12.1 Å². The van der Waals surface area contributed by atoms with E-state index in [-0.39, 0.29) is 5.91 Å². The molecule has 0 fully saturated rings. The van der Waals surface area contributed by atoms with E-state index in [1.54, 1.807) is 0 Å². The topological polar surface area (TPSA) is 60.0 Å². The van der Waals surface area contributed by atoms with Crippen molar-refractivity contribution in [2.45, 2.75) is 53.0 Å². The average molecular weight is 251 g/mol. The van der Waals surface area contributed by atoms with Crippen molar-refractivity contribution < 1.29 is 4.79 Å². The molecule has 4 nitrogen and oxygen atoms in total. The smallest absolute Gasteiger partial charge is 0.281 e. The van der Waals surface area contributed by atoms with E-state index in [2.05, 4.69) is 37.7 Å². The number of nitrogen functional groups attached to an aromatic ring is 1. The van der Waals surface area contributed by atoms with Crippen molar-refractivity contribution in [3.8, 4) is 0 Å². The lowest BCUT2D eigenvalue weighted by atomic mass is 10.1. The van der Waals surface area contributed by atoms with E-state index in [0.29, 0.717) is 17.7 Å². The molecule has 1 aromatic rings. The van der Waals surface area contributed by atoms with E-state index in [9.17, 15) is 4.79 Å². The minimum Gasteiger partial charge on any atom is -0.338 e. The molecule has 1 atom stereocenters. The molecule has 0 unspecified atom stereocenters. The third-order valence-electron chi connectivity index (χ3n) is 3.38. The Kier molecular flexibility index (Phi) is 5.41. The summed E-state index contributed by atoms with van der Waals surface area (Å²) in [5.74, 6) is 5.68. The number of nitrogens with one attached hydrogen (secondary N) is 1. The number of hydrazine groups is 1. The summed E-state index contributed by atoms with van der Waals surface area (Å²) in [6.07, 6.45) is 3.12. The summed E-state index contributed by atoms with van der Waals surface area (Å²) in [7, 11) is 0. The van der Waals surface area contributed by atoms with Gasteiger partial charge in [0.2, 0.25) is 0 Å². The van der Waals surface area contributed by atoms with Crippen molar-refractivity contribution in [3.05, 3.63) is 23.5 Å².